The Hall–Kier alpha value is -3.27. The number of benzene rings is 2. The van der Waals surface area contributed by atoms with Gasteiger partial charge < -0.3 is 4.74 Å². The van der Waals surface area contributed by atoms with E-state index in [1.165, 1.54) is 0 Å². The van der Waals surface area contributed by atoms with Crippen molar-refractivity contribution in [2.75, 3.05) is 6.61 Å². The number of hydrogen-bond acceptors (Lipinski definition) is 3. The molecule has 3 rings (SSSR count). The Bertz CT molecular complexity index is 946. The predicted octanol–water partition coefficient (Wildman–Crippen LogP) is 6.92. The number of unbranched alkanes of at least 4 members (excludes halogenated alkanes) is 1. The van der Waals surface area contributed by atoms with E-state index < -0.39 is 6.17 Å². The topological polar surface area (TPSA) is 35.0 Å². The quantitative estimate of drug-likeness (QED) is 0.273. The third-order valence-corrected chi connectivity index (χ3v) is 4.67. The summed E-state index contributed by atoms with van der Waals surface area (Å²) in [7, 11) is 0. The van der Waals surface area contributed by atoms with Gasteiger partial charge in [0.05, 0.1) is 30.0 Å². The summed E-state index contributed by atoms with van der Waals surface area (Å²) in [4.78, 5) is 8.98. The minimum Gasteiger partial charge on any atom is -0.490 e. The van der Waals surface area contributed by atoms with Crippen LogP contribution in [0.4, 0.5) is 4.39 Å². The number of ether oxygens (including phenoxy) is 1. The lowest BCUT2D eigenvalue weighted by Crippen LogP contribution is -1.92. The number of allylic oxidation sites excluding steroid dienone is 1. The predicted molar refractivity (Wildman–Crippen MR) is 122 cm³/mol. The van der Waals surface area contributed by atoms with Crippen LogP contribution >= 0.6 is 0 Å². The van der Waals surface area contributed by atoms with E-state index in [4.69, 9.17) is 4.74 Å². The second-order valence-corrected chi connectivity index (χ2v) is 7.14. The fourth-order valence-corrected chi connectivity index (χ4v) is 3.03. The maximum Gasteiger partial charge on any atom is 0.119 e. The minimum atomic E-state index is -0.736. The minimum absolute atomic E-state index is 0.502. The zero-order chi connectivity index (χ0) is 21.2. The van der Waals surface area contributed by atoms with Gasteiger partial charge >= 0.3 is 0 Å². The Morgan fingerprint density at radius 1 is 0.967 bits per heavy atom. The molecule has 1 unspecified atom stereocenters. The Morgan fingerprint density at radius 3 is 2.23 bits per heavy atom. The van der Waals surface area contributed by atoms with E-state index in [2.05, 4.69) is 40.8 Å². The third-order valence-electron chi connectivity index (χ3n) is 4.67. The molecule has 0 saturated heterocycles. The summed E-state index contributed by atoms with van der Waals surface area (Å²) in [5.74, 6) is 0.830. The summed E-state index contributed by atoms with van der Waals surface area (Å²) >= 11 is 0. The first-order valence-electron chi connectivity index (χ1n) is 10.2. The van der Waals surface area contributed by atoms with Crippen LogP contribution in [0, 0.1) is 0 Å². The number of aromatic nitrogens is 2. The largest absolute Gasteiger partial charge is 0.490 e. The molecule has 1 heterocycles. The number of nitrogens with zero attached hydrogens (tertiary/aromatic N) is 2. The molecule has 0 saturated carbocycles. The van der Waals surface area contributed by atoms with Gasteiger partial charge in [-0.2, -0.15) is 0 Å². The summed E-state index contributed by atoms with van der Waals surface area (Å²) in [6.45, 7) is 5.75. The molecule has 30 heavy (non-hydrogen) atoms. The highest BCUT2D eigenvalue weighted by Gasteiger charge is 2.03. The highest BCUT2D eigenvalue weighted by Crippen LogP contribution is 2.25. The molecule has 0 spiro atoms. The van der Waals surface area contributed by atoms with E-state index in [1.807, 2.05) is 36.4 Å². The molecule has 0 aliphatic rings. The number of hydrogen-bond donors (Lipinski definition) is 0. The normalized spacial score (nSPS) is 12.1. The first-order valence-corrected chi connectivity index (χ1v) is 10.2. The van der Waals surface area contributed by atoms with E-state index in [0.29, 0.717) is 13.0 Å². The summed E-state index contributed by atoms with van der Waals surface area (Å²) in [6.07, 6.45) is 10.8. The van der Waals surface area contributed by atoms with Gasteiger partial charge in [0.15, 0.2) is 0 Å². The van der Waals surface area contributed by atoms with Crippen LogP contribution in [0.15, 0.2) is 79.7 Å². The second kappa shape index (κ2) is 11.1. The van der Waals surface area contributed by atoms with Crippen molar-refractivity contribution in [2.45, 2.75) is 32.4 Å². The lowest BCUT2D eigenvalue weighted by atomic mass is 10.0. The molecule has 0 radical (unpaired) electrons. The zero-order valence-corrected chi connectivity index (χ0v) is 17.3. The van der Waals surface area contributed by atoms with Gasteiger partial charge in [-0.3, -0.25) is 9.97 Å². The molecule has 0 amide bonds. The fraction of sp³-hybridized carbons (Fsp3) is 0.231. The highest BCUT2D eigenvalue weighted by molar-refractivity contribution is 5.69. The average molecular weight is 403 g/mol. The van der Waals surface area contributed by atoms with Crippen molar-refractivity contribution in [2.24, 2.45) is 0 Å². The van der Waals surface area contributed by atoms with E-state index >= 15 is 0 Å². The molecule has 1 aromatic heterocycles. The van der Waals surface area contributed by atoms with Crippen molar-refractivity contribution < 1.29 is 9.13 Å². The van der Waals surface area contributed by atoms with Crippen molar-refractivity contribution in [3.05, 3.63) is 85.3 Å². The fourth-order valence-electron chi connectivity index (χ4n) is 3.03. The van der Waals surface area contributed by atoms with Gasteiger partial charge in [0, 0.05) is 5.56 Å². The van der Waals surface area contributed by atoms with E-state index in [1.54, 1.807) is 25.4 Å². The summed E-state index contributed by atoms with van der Waals surface area (Å²) < 4.78 is 18.3. The standard InChI is InChI=1S/C26H27FN2O/c1-3-17-30-25-15-13-22(14-16-25)21-9-11-23(12-10-21)26-19-28-24(18-29-26)8-6-4-5-7-20(2)27/h3,6,8-16,18-20H,1,4-5,7,17H2,2H3/b8-6+. The maximum absolute atomic E-state index is 12.8. The average Bonchev–Trinajstić information content (AvgIpc) is 2.78. The van der Waals surface area contributed by atoms with Gasteiger partial charge in [0.25, 0.3) is 0 Å². The maximum atomic E-state index is 12.8. The van der Waals surface area contributed by atoms with Crippen LogP contribution < -0.4 is 4.74 Å². The smallest absolute Gasteiger partial charge is 0.119 e. The molecule has 0 bridgehead atoms. The van der Waals surface area contributed by atoms with Gasteiger partial charge in [-0.1, -0.05) is 55.1 Å². The number of halogens is 1. The Kier molecular flexibility index (Phi) is 7.90. The molecule has 0 aliphatic heterocycles. The molecular formula is C26H27FN2O. The number of rotatable bonds is 10. The Balaban J connectivity index is 1.60. The molecule has 3 nitrogen and oxygen atoms in total. The van der Waals surface area contributed by atoms with Crippen LogP contribution in [-0.4, -0.2) is 22.7 Å². The van der Waals surface area contributed by atoms with Crippen LogP contribution in [0.25, 0.3) is 28.5 Å². The third kappa shape index (κ3) is 6.38. The SMILES string of the molecule is C=CCOc1ccc(-c2ccc(-c3cnc(/C=C/CCCC(C)F)cn3)cc2)cc1. The molecule has 0 N–H and O–H groups in total. The van der Waals surface area contributed by atoms with Crippen molar-refractivity contribution in [3.63, 3.8) is 0 Å². The highest BCUT2D eigenvalue weighted by atomic mass is 19.1. The van der Waals surface area contributed by atoms with Crippen molar-refractivity contribution in [1.29, 1.82) is 0 Å². The lowest BCUT2D eigenvalue weighted by Gasteiger charge is -2.07. The first-order chi connectivity index (χ1) is 14.7. The Morgan fingerprint density at radius 2 is 1.63 bits per heavy atom. The van der Waals surface area contributed by atoms with Gasteiger partial charge in [-0.05, 0) is 55.5 Å². The van der Waals surface area contributed by atoms with Gasteiger partial charge in [0.2, 0.25) is 0 Å². The van der Waals surface area contributed by atoms with Crippen LogP contribution in [0.2, 0.25) is 0 Å². The van der Waals surface area contributed by atoms with E-state index in [9.17, 15) is 4.39 Å². The van der Waals surface area contributed by atoms with E-state index in [-0.39, 0.29) is 0 Å². The van der Waals surface area contributed by atoms with Gasteiger partial charge in [-0.25, -0.2) is 4.39 Å². The molecule has 0 aliphatic carbocycles. The Labute approximate surface area is 178 Å². The molecule has 4 heteroatoms. The molecule has 3 aromatic rings. The van der Waals surface area contributed by atoms with Crippen molar-refractivity contribution >= 4 is 6.08 Å². The molecule has 1 atom stereocenters. The van der Waals surface area contributed by atoms with Gasteiger partial charge in [-0.15, -0.1) is 0 Å². The summed E-state index contributed by atoms with van der Waals surface area (Å²) in [5, 5.41) is 0. The monoisotopic (exact) mass is 402 g/mol. The molecular weight excluding hydrogens is 375 g/mol. The summed E-state index contributed by atoms with van der Waals surface area (Å²) in [6, 6.07) is 16.3. The van der Waals surface area contributed by atoms with E-state index in [0.717, 1.165) is 46.7 Å². The lowest BCUT2D eigenvalue weighted by molar-refractivity contribution is 0.335. The van der Waals surface area contributed by atoms with Crippen LogP contribution in [0.1, 0.15) is 31.9 Å². The molecule has 2 aromatic carbocycles. The van der Waals surface area contributed by atoms with Crippen molar-refractivity contribution in [3.8, 4) is 28.1 Å². The van der Waals surface area contributed by atoms with Crippen LogP contribution in [0.5, 0.6) is 5.75 Å². The first kappa shape index (κ1) is 21.4. The van der Waals surface area contributed by atoms with Crippen LogP contribution in [-0.2, 0) is 0 Å². The molecule has 0 fully saturated rings. The number of alkyl halides is 1. The van der Waals surface area contributed by atoms with Gasteiger partial charge in [0.1, 0.15) is 12.4 Å². The second-order valence-electron chi connectivity index (χ2n) is 7.14. The molecule has 154 valence electrons. The summed E-state index contributed by atoms with van der Waals surface area (Å²) in [5.41, 5.74) is 4.91. The zero-order valence-electron chi connectivity index (χ0n) is 17.3. The van der Waals surface area contributed by atoms with Crippen LogP contribution in [0.3, 0.4) is 0 Å². The van der Waals surface area contributed by atoms with Crippen molar-refractivity contribution in [1.82, 2.24) is 9.97 Å².